The molecule has 0 aliphatic carbocycles. The van der Waals surface area contributed by atoms with Crippen molar-refractivity contribution in [3.8, 4) is 0 Å². The van der Waals surface area contributed by atoms with E-state index in [1.54, 1.807) is 30.2 Å². The molecule has 0 saturated carbocycles. The number of hydrogen-bond acceptors (Lipinski definition) is 3. The average Bonchev–Trinajstić information content (AvgIpc) is 2.85. The Hall–Kier alpha value is -1.78. The van der Waals surface area contributed by atoms with E-state index in [0.717, 1.165) is 6.42 Å². The molecule has 2 unspecified atom stereocenters. The Labute approximate surface area is 106 Å². The highest BCUT2D eigenvalue weighted by atomic mass is 16.3. The van der Waals surface area contributed by atoms with Crippen LogP contribution in [0.3, 0.4) is 0 Å². The summed E-state index contributed by atoms with van der Waals surface area (Å²) >= 11 is 0. The molecule has 1 aromatic rings. The van der Waals surface area contributed by atoms with Crippen LogP contribution in [0.1, 0.15) is 32.4 Å². The maximum absolute atomic E-state index is 12.3. The molecular formula is C13H18N2O3. The Kier molecular flexibility index (Phi) is 3.69. The number of furan rings is 1. The summed E-state index contributed by atoms with van der Waals surface area (Å²) in [5, 5.41) is 2.77. The standard InChI is InChI=1S/C13H18N2O3/c1-3-5-11-13(17)15(9(2)12(16)14-11)8-10-6-4-7-18-10/h4,6-7,9,11H,3,5,8H2,1-2H3,(H,14,16). The third-order valence-electron chi connectivity index (χ3n) is 3.23. The van der Waals surface area contributed by atoms with Gasteiger partial charge < -0.3 is 14.6 Å². The van der Waals surface area contributed by atoms with Crippen LogP contribution in [-0.4, -0.2) is 28.8 Å². The number of rotatable bonds is 4. The lowest BCUT2D eigenvalue weighted by molar-refractivity contribution is -0.149. The molecule has 1 aliphatic heterocycles. The first-order valence-corrected chi connectivity index (χ1v) is 6.26. The zero-order chi connectivity index (χ0) is 13.1. The minimum atomic E-state index is -0.448. The van der Waals surface area contributed by atoms with E-state index in [1.165, 1.54) is 0 Å². The number of nitrogens with one attached hydrogen (secondary N) is 1. The van der Waals surface area contributed by atoms with Crippen molar-refractivity contribution in [3.63, 3.8) is 0 Å². The highest BCUT2D eigenvalue weighted by molar-refractivity contribution is 5.96. The third-order valence-corrected chi connectivity index (χ3v) is 3.23. The second-order valence-electron chi connectivity index (χ2n) is 4.57. The van der Waals surface area contributed by atoms with Crippen LogP contribution in [0.5, 0.6) is 0 Å². The minimum Gasteiger partial charge on any atom is -0.467 e. The van der Waals surface area contributed by atoms with Gasteiger partial charge in [-0.05, 0) is 25.5 Å². The van der Waals surface area contributed by atoms with Crippen molar-refractivity contribution in [2.45, 2.75) is 45.3 Å². The molecule has 1 saturated heterocycles. The Bertz CT molecular complexity index is 427. The molecule has 2 rings (SSSR count). The SMILES string of the molecule is CCCC1NC(=O)C(C)N(Cc2ccco2)C1=O. The average molecular weight is 250 g/mol. The number of nitrogens with zero attached hydrogens (tertiary/aromatic N) is 1. The molecule has 1 aromatic heterocycles. The van der Waals surface area contributed by atoms with Crippen molar-refractivity contribution in [1.29, 1.82) is 0 Å². The topological polar surface area (TPSA) is 62.6 Å². The first-order valence-electron chi connectivity index (χ1n) is 6.26. The Morgan fingerprint density at radius 2 is 2.22 bits per heavy atom. The lowest BCUT2D eigenvalue weighted by Gasteiger charge is -2.36. The fourth-order valence-electron chi connectivity index (χ4n) is 2.16. The molecule has 5 nitrogen and oxygen atoms in total. The van der Waals surface area contributed by atoms with Crippen LogP contribution in [0.2, 0.25) is 0 Å². The van der Waals surface area contributed by atoms with E-state index >= 15 is 0 Å². The molecule has 98 valence electrons. The van der Waals surface area contributed by atoms with Gasteiger partial charge in [0.2, 0.25) is 11.8 Å². The summed E-state index contributed by atoms with van der Waals surface area (Å²) in [6, 6.07) is 2.74. The predicted molar refractivity (Wildman–Crippen MR) is 65.6 cm³/mol. The zero-order valence-corrected chi connectivity index (χ0v) is 10.7. The van der Waals surface area contributed by atoms with Gasteiger partial charge in [-0.25, -0.2) is 0 Å². The van der Waals surface area contributed by atoms with Gasteiger partial charge in [0.25, 0.3) is 0 Å². The summed E-state index contributed by atoms with van der Waals surface area (Å²) in [6.07, 6.45) is 3.10. The van der Waals surface area contributed by atoms with Crippen molar-refractivity contribution >= 4 is 11.8 Å². The molecule has 1 fully saturated rings. The van der Waals surface area contributed by atoms with Gasteiger partial charge in [0.1, 0.15) is 17.8 Å². The van der Waals surface area contributed by atoms with Gasteiger partial charge in [0.05, 0.1) is 12.8 Å². The third kappa shape index (κ3) is 2.39. The first-order chi connectivity index (χ1) is 8.63. The summed E-state index contributed by atoms with van der Waals surface area (Å²) < 4.78 is 5.24. The van der Waals surface area contributed by atoms with Gasteiger partial charge in [-0.2, -0.15) is 0 Å². The summed E-state index contributed by atoms with van der Waals surface area (Å²) in [5.74, 6) is 0.570. The first kappa shape index (κ1) is 12.7. The molecule has 0 bridgehead atoms. The van der Waals surface area contributed by atoms with E-state index in [2.05, 4.69) is 5.32 Å². The molecule has 1 aliphatic rings. The quantitative estimate of drug-likeness (QED) is 0.876. The van der Waals surface area contributed by atoms with Crippen molar-refractivity contribution in [3.05, 3.63) is 24.2 Å². The van der Waals surface area contributed by atoms with Gasteiger partial charge in [-0.15, -0.1) is 0 Å². The Balaban J connectivity index is 2.14. The van der Waals surface area contributed by atoms with Gasteiger partial charge in [0.15, 0.2) is 0 Å². The lowest BCUT2D eigenvalue weighted by Crippen LogP contribution is -2.61. The molecule has 1 N–H and O–H groups in total. The van der Waals surface area contributed by atoms with E-state index in [1.807, 2.05) is 6.92 Å². The Morgan fingerprint density at radius 3 is 2.83 bits per heavy atom. The molecule has 0 radical (unpaired) electrons. The fourth-order valence-corrected chi connectivity index (χ4v) is 2.16. The molecule has 2 heterocycles. The van der Waals surface area contributed by atoms with Crippen LogP contribution in [0.15, 0.2) is 22.8 Å². The van der Waals surface area contributed by atoms with E-state index in [0.29, 0.717) is 18.7 Å². The number of carbonyl (C=O) groups excluding carboxylic acids is 2. The number of amides is 2. The van der Waals surface area contributed by atoms with Gasteiger partial charge in [0, 0.05) is 0 Å². The largest absolute Gasteiger partial charge is 0.467 e. The van der Waals surface area contributed by atoms with Crippen LogP contribution in [-0.2, 0) is 16.1 Å². The highest BCUT2D eigenvalue weighted by Crippen LogP contribution is 2.16. The van der Waals surface area contributed by atoms with E-state index < -0.39 is 12.1 Å². The summed E-state index contributed by atoms with van der Waals surface area (Å²) in [5.41, 5.74) is 0. The van der Waals surface area contributed by atoms with Crippen molar-refractivity contribution in [1.82, 2.24) is 10.2 Å². The van der Waals surface area contributed by atoms with E-state index in [-0.39, 0.29) is 11.8 Å². The van der Waals surface area contributed by atoms with Crippen LogP contribution in [0.4, 0.5) is 0 Å². The van der Waals surface area contributed by atoms with Crippen LogP contribution < -0.4 is 5.32 Å². The maximum Gasteiger partial charge on any atom is 0.246 e. The highest BCUT2D eigenvalue weighted by Gasteiger charge is 2.37. The minimum absolute atomic E-state index is 0.0275. The predicted octanol–water partition coefficient (Wildman–Crippen LogP) is 1.30. The molecule has 0 spiro atoms. The lowest BCUT2D eigenvalue weighted by atomic mass is 10.0. The van der Waals surface area contributed by atoms with Gasteiger partial charge in [-0.3, -0.25) is 9.59 Å². The number of piperazine rings is 1. The number of hydrogen-bond donors (Lipinski definition) is 1. The fraction of sp³-hybridized carbons (Fsp3) is 0.538. The molecular weight excluding hydrogens is 232 g/mol. The maximum atomic E-state index is 12.3. The van der Waals surface area contributed by atoms with E-state index in [9.17, 15) is 9.59 Å². The summed E-state index contributed by atoms with van der Waals surface area (Å²) in [7, 11) is 0. The second kappa shape index (κ2) is 5.25. The van der Waals surface area contributed by atoms with Crippen LogP contribution in [0.25, 0.3) is 0 Å². The molecule has 2 amide bonds. The van der Waals surface area contributed by atoms with Crippen molar-refractivity contribution in [2.24, 2.45) is 0 Å². The molecule has 0 aromatic carbocycles. The normalized spacial score (nSPS) is 24.2. The van der Waals surface area contributed by atoms with Crippen LogP contribution in [0, 0.1) is 0 Å². The number of carbonyl (C=O) groups is 2. The second-order valence-corrected chi connectivity index (χ2v) is 4.57. The molecule has 5 heteroatoms. The van der Waals surface area contributed by atoms with Crippen molar-refractivity contribution in [2.75, 3.05) is 0 Å². The molecule has 18 heavy (non-hydrogen) atoms. The zero-order valence-electron chi connectivity index (χ0n) is 10.7. The van der Waals surface area contributed by atoms with Gasteiger partial charge in [-0.1, -0.05) is 13.3 Å². The van der Waals surface area contributed by atoms with Crippen LogP contribution >= 0.6 is 0 Å². The van der Waals surface area contributed by atoms with E-state index in [4.69, 9.17) is 4.42 Å². The van der Waals surface area contributed by atoms with Gasteiger partial charge >= 0.3 is 0 Å². The monoisotopic (exact) mass is 250 g/mol. The summed E-state index contributed by atoms with van der Waals surface area (Å²) in [6.45, 7) is 4.08. The summed E-state index contributed by atoms with van der Waals surface area (Å²) in [4.78, 5) is 25.7. The Morgan fingerprint density at radius 1 is 1.44 bits per heavy atom. The smallest absolute Gasteiger partial charge is 0.246 e. The van der Waals surface area contributed by atoms with Crippen molar-refractivity contribution < 1.29 is 14.0 Å². The molecule has 2 atom stereocenters.